The Kier molecular flexibility index (Phi) is 8.79. The molecule has 4 heterocycles. The Hall–Kier alpha value is -9.39. The van der Waals surface area contributed by atoms with Gasteiger partial charge in [-0.2, -0.15) is 9.97 Å². The molecule has 0 saturated carbocycles. The number of furan rings is 1. The quantitative estimate of drug-likeness (QED) is 0.160. The molecule has 0 spiro atoms. The van der Waals surface area contributed by atoms with Crippen LogP contribution in [0.5, 0.6) is 0 Å². The third-order valence-electron chi connectivity index (χ3n) is 13.6. The molecule has 0 bridgehead atoms. The van der Waals surface area contributed by atoms with E-state index in [4.69, 9.17) is 19.4 Å². The molecule has 69 heavy (non-hydrogen) atoms. The molecule has 0 aliphatic rings. The summed E-state index contributed by atoms with van der Waals surface area (Å²) in [5.74, 6) is 1.65. The van der Waals surface area contributed by atoms with Crippen molar-refractivity contribution < 1.29 is 4.42 Å². The van der Waals surface area contributed by atoms with Crippen LogP contribution in [0.25, 0.3) is 133 Å². The summed E-state index contributed by atoms with van der Waals surface area (Å²) >= 11 is 0. The van der Waals surface area contributed by atoms with Crippen LogP contribution in [-0.2, 0) is 0 Å². The molecule has 10 aromatic carbocycles. The molecule has 6 heteroatoms. The van der Waals surface area contributed by atoms with Crippen molar-refractivity contribution in [1.82, 2.24) is 24.1 Å². The lowest BCUT2D eigenvalue weighted by atomic mass is 9.97. The first-order valence-electron chi connectivity index (χ1n) is 23.3. The van der Waals surface area contributed by atoms with Gasteiger partial charge in [0.1, 0.15) is 11.2 Å². The molecule has 0 aliphatic heterocycles. The highest BCUT2D eigenvalue weighted by Gasteiger charge is 2.25. The van der Waals surface area contributed by atoms with Crippen LogP contribution in [0.1, 0.15) is 0 Å². The molecule has 4 aromatic heterocycles. The Morgan fingerprint density at radius 2 is 0.826 bits per heavy atom. The lowest BCUT2D eigenvalue weighted by Gasteiger charge is -2.17. The SMILES string of the molecule is c1ccc(-c2ccc(-n3c4ccccc4c4ccc5c6ccccc6n(-c6nc(-c7ccccc7)nc(-c7cccc8oc9cc(-c%10ccccc%10)ccc9c78)n6)c5c43)c(-c3ccccc3)c2)cc1. The van der Waals surface area contributed by atoms with E-state index in [9.17, 15) is 0 Å². The summed E-state index contributed by atoms with van der Waals surface area (Å²) in [6.07, 6.45) is 0. The first-order valence-corrected chi connectivity index (χ1v) is 23.3. The largest absolute Gasteiger partial charge is 0.456 e. The predicted octanol–water partition coefficient (Wildman–Crippen LogP) is 16.3. The Labute approximate surface area is 396 Å². The summed E-state index contributed by atoms with van der Waals surface area (Å²) in [7, 11) is 0. The number of rotatable bonds is 7. The van der Waals surface area contributed by atoms with Crippen molar-refractivity contribution in [1.29, 1.82) is 0 Å². The summed E-state index contributed by atoms with van der Waals surface area (Å²) in [5.41, 5.74) is 15.4. The topological polar surface area (TPSA) is 61.7 Å². The van der Waals surface area contributed by atoms with E-state index >= 15 is 0 Å². The molecular weight excluding hydrogens is 843 g/mol. The lowest BCUT2D eigenvalue weighted by Crippen LogP contribution is -2.07. The van der Waals surface area contributed by atoms with Crippen molar-refractivity contribution in [3.05, 3.63) is 237 Å². The van der Waals surface area contributed by atoms with E-state index in [-0.39, 0.29) is 0 Å². The van der Waals surface area contributed by atoms with Gasteiger partial charge in [0.15, 0.2) is 11.6 Å². The van der Waals surface area contributed by atoms with Crippen LogP contribution in [0.3, 0.4) is 0 Å². The Morgan fingerprint density at radius 1 is 0.304 bits per heavy atom. The van der Waals surface area contributed by atoms with E-state index < -0.39 is 0 Å². The summed E-state index contributed by atoms with van der Waals surface area (Å²) in [5, 5.41) is 6.46. The van der Waals surface area contributed by atoms with Crippen molar-refractivity contribution in [3.8, 4) is 67.8 Å². The molecule has 0 aliphatic carbocycles. The fourth-order valence-corrected chi connectivity index (χ4v) is 10.5. The van der Waals surface area contributed by atoms with Crippen LogP contribution in [0.15, 0.2) is 241 Å². The molecule has 322 valence electrons. The molecule has 0 fully saturated rings. The van der Waals surface area contributed by atoms with Gasteiger partial charge in [-0.25, -0.2) is 4.98 Å². The zero-order chi connectivity index (χ0) is 45.4. The van der Waals surface area contributed by atoms with Crippen molar-refractivity contribution in [3.63, 3.8) is 0 Å². The number of aromatic nitrogens is 5. The molecule has 0 N–H and O–H groups in total. The van der Waals surface area contributed by atoms with Gasteiger partial charge in [0, 0.05) is 49.0 Å². The van der Waals surface area contributed by atoms with E-state index in [1.54, 1.807) is 0 Å². The van der Waals surface area contributed by atoms with E-state index in [1.807, 2.05) is 36.4 Å². The molecule has 14 aromatic rings. The van der Waals surface area contributed by atoms with Crippen molar-refractivity contribution in [2.45, 2.75) is 0 Å². The maximum Gasteiger partial charge on any atom is 0.238 e. The van der Waals surface area contributed by atoms with Gasteiger partial charge in [0.2, 0.25) is 5.95 Å². The molecule has 0 atom stereocenters. The fraction of sp³-hybridized carbons (Fsp3) is 0. The second-order valence-electron chi connectivity index (χ2n) is 17.5. The average molecular weight is 882 g/mol. The van der Waals surface area contributed by atoms with E-state index in [2.05, 4.69) is 209 Å². The van der Waals surface area contributed by atoms with E-state index in [0.29, 0.717) is 17.6 Å². The number of nitrogens with zero attached hydrogens (tertiary/aromatic N) is 5. The Balaban J connectivity index is 1.08. The summed E-state index contributed by atoms with van der Waals surface area (Å²) in [4.78, 5) is 16.3. The summed E-state index contributed by atoms with van der Waals surface area (Å²) in [6.45, 7) is 0. The average Bonchev–Trinajstić information content (AvgIpc) is 4.09. The van der Waals surface area contributed by atoms with Gasteiger partial charge >= 0.3 is 0 Å². The number of para-hydroxylation sites is 2. The van der Waals surface area contributed by atoms with Gasteiger partial charge in [-0.05, 0) is 70.3 Å². The Bertz CT molecular complexity index is 4290. The van der Waals surface area contributed by atoms with E-state index in [1.165, 1.54) is 5.56 Å². The van der Waals surface area contributed by atoms with Crippen molar-refractivity contribution in [2.24, 2.45) is 0 Å². The number of hydrogen-bond acceptors (Lipinski definition) is 4. The maximum absolute atomic E-state index is 6.64. The third kappa shape index (κ3) is 6.23. The van der Waals surface area contributed by atoms with E-state index in [0.717, 1.165) is 110 Å². The minimum Gasteiger partial charge on any atom is -0.456 e. The standard InChI is InChI=1S/C63H39N5O/c1-5-18-40(19-6-1)44-33-37-55(52(38-44)42-22-9-3-10-23-42)67-53-29-15-13-26-46(53)48-35-36-49-47-27-14-16-30-54(47)68(60(49)59(48)67)63-65-61(43-24-11-4-12-25-43)64-62(66-63)51-28-17-31-56-58(51)50-34-32-45(39-57(50)69-56)41-20-7-2-8-21-41/h1-39H. The summed E-state index contributed by atoms with van der Waals surface area (Å²) < 4.78 is 11.4. The first kappa shape index (κ1) is 38.8. The molecular formula is C63H39N5O. The molecule has 0 saturated heterocycles. The third-order valence-corrected chi connectivity index (χ3v) is 13.6. The van der Waals surface area contributed by atoms with Crippen LogP contribution in [-0.4, -0.2) is 24.1 Å². The van der Waals surface area contributed by atoms with Crippen LogP contribution in [0.2, 0.25) is 0 Å². The predicted molar refractivity (Wildman–Crippen MR) is 283 cm³/mol. The van der Waals surface area contributed by atoms with Gasteiger partial charge in [-0.15, -0.1) is 0 Å². The highest BCUT2D eigenvalue weighted by molar-refractivity contribution is 6.24. The van der Waals surface area contributed by atoms with Crippen LogP contribution >= 0.6 is 0 Å². The normalized spacial score (nSPS) is 11.8. The maximum atomic E-state index is 6.64. The Morgan fingerprint density at radius 3 is 1.49 bits per heavy atom. The van der Waals surface area contributed by atoms with Gasteiger partial charge in [0.05, 0.1) is 27.8 Å². The van der Waals surface area contributed by atoms with Crippen molar-refractivity contribution in [2.75, 3.05) is 0 Å². The van der Waals surface area contributed by atoms with Crippen LogP contribution in [0.4, 0.5) is 0 Å². The van der Waals surface area contributed by atoms with Gasteiger partial charge in [-0.1, -0.05) is 194 Å². The minimum atomic E-state index is 0.522. The van der Waals surface area contributed by atoms with Crippen LogP contribution in [0, 0.1) is 0 Å². The van der Waals surface area contributed by atoms with Gasteiger partial charge in [0.25, 0.3) is 0 Å². The number of hydrogen-bond donors (Lipinski definition) is 0. The zero-order valence-electron chi connectivity index (χ0n) is 37.2. The second kappa shape index (κ2) is 15.6. The zero-order valence-corrected chi connectivity index (χ0v) is 37.2. The number of fused-ring (bicyclic) bond motifs is 10. The monoisotopic (exact) mass is 881 g/mol. The first-order chi connectivity index (χ1) is 34.2. The molecule has 14 rings (SSSR count). The van der Waals surface area contributed by atoms with Gasteiger partial charge in [-0.3, -0.25) is 4.57 Å². The van der Waals surface area contributed by atoms with Crippen LogP contribution < -0.4 is 0 Å². The minimum absolute atomic E-state index is 0.522. The highest BCUT2D eigenvalue weighted by Crippen LogP contribution is 2.44. The fourth-order valence-electron chi connectivity index (χ4n) is 10.5. The lowest BCUT2D eigenvalue weighted by molar-refractivity contribution is 0.669. The summed E-state index contributed by atoms with van der Waals surface area (Å²) in [6, 6.07) is 83.4. The van der Waals surface area contributed by atoms with Gasteiger partial charge < -0.3 is 8.98 Å². The smallest absolute Gasteiger partial charge is 0.238 e. The number of benzene rings is 10. The van der Waals surface area contributed by atoms with Crippen molar-refractivity contribution >= 4 is 65.6 Å². The molecule has 0 unspecified atom stereocenters. The molecule has 0 amide bonds. The highest BCUT2D eigenvalue weighted by atomic mass is 16.3. The molecule has 6 nitrogen and oxygen atoms in total. The second-order valence-corrected chi connectivity index (χ2v) is 17.5. The molecule has 0 radical (unpaired) electrons.